The molecule has 0 radical (unpaired) electrons. The van der Waals surface area contributed by atoms with Crippen LogP contribution in [0.3, 0.4) is 0 Å². The van der Waals surface area contributed by atoms with Crippen molar-refractivity contribution in [1.82, 2.24) is 0 Å². The summed E-state index contributed by atoms with van der Waals surface area (Å²) in [6.45, 7) is 0. The van der Waals surface area contributed by atoms with Gasteiger partial charge in [0, 0.05) is 17.2 Å². The Morgan fingerprint density at radius 2 is 1.88 bits per heavy atom. The third-order valence-corrected chi connectivity index (χ3v) is 4.77. The smallest absolute Gasteiger partial charge is 0.162 e. The minimum absolute atomic E-state index is 0.289. The minimum Gasteiger partial charge on any atom is -0.294 e. The van der Waals surface area contributed by atoms with Crippen molar-refractivity contribution in [1.29, 1.82) is 0 Å². The summed E-state index contributed by atoms with van der Waals surface area (Å²) in [5.41, 5.74) is 0.860. The highest BCUT2D eigenvalue weighted by Crippen LogP contribution is 2.29. The van der Waals surface area contributed by atoms with Gasteiger partial charge in [-0.25, -0.2) is 0 Å². The molecule has 0 atom stereocenters. The second kappa shape index (κ2) is 6.85. The van der Waals surface area contributed by atoms with Crippen LogP contribution in [0.5, 0.6) is 0 Å². The van der Waals surface area contributed by atoms with Crippen LogP contribution in [0.4, 0.5) is 0 Å². The Bertz CT molecular complexity index is 341. The van der Waals surface area contributed by atoms with Gasteiger partial charge in [0.05, 0.1) is 0 Å². The molecule has 0 aromatic heterocycles. The molecule has 0 heterocycles. The zero-order chi connectivity index (χ0) is 11.9. The van der Waals surface area contributed by atoms with Crippen molar-refractivity contribution in [2.45, 2.75) is 43.8 Å². The summed E-state index contributed by atoms with van der Waals surface area (Å²) in [6.07, 6.45) is 7.30. The Kier molecular flexibility index (Phi) is 5.11. The lowest BCUT2D eigenvalue weighted by molar-refractivity contribution is 0.0982. The number of benzene rings is 1. The molecule has 0 aliphatic heterocycles. The van der Waals surface area contributed by atoms with E-state index >= 15 is 0 Å². The average Bonchev–Trinajstić information content (AvgIpc) is 2.88. The monoisotopic (exact) mass is 248 g/mol. The normalized spacial score (nSPS) is 16.2. The molecule has 0 spiro atoms. The van der Waals surface area contributed by atoms with E-state index in [1.54, 1.807) is 0 Å². The SMILES string of the molecule is O=C(CCCSC1CCCC1)c1ccccc1. The number of carbonyl (C=O) groups excluding carboxylic acids is 1. The molecule has 0 N–H and O–H groups in total. The van der Waals surface area contributed by atoms with E-state index in [0.29, 0.717) is 6.42 Å². The van der Waals surface area contributed by atoms with Gasteiger partial charge in [0.1, 0.15) is 0 Å². The third kappa shape index (κ3) is 4.19. The fraction of sp³-hybridized carbons (Fsp3) is 0.533. The largest absolute Gasteiger partial charge is 0.294 e. The van der Waals surface area contributed by atoms with Gasteiger partial charge < -0.3 is 0 Å². The third-order valence-electron chi connectivity index (χ3n) is 3.30. The summed E-state index contributed by atoms with van der Waals surface area (Å²) in [7, 11) is 0. The van der Waals surface area contributed by atoms with E-state index < -0.39 is 0 Å². The summed E-state index contributed by atoms with van der Waals surface area (Å²) in [6, 6.07) is 9.63. The maximum Gasteiger partial charge on any atom is 0.162 e. The molecule has 0 unspecified atom stereocenters. The molecular weight excluding hydrogens is 228 g/mol. The van der Waals surface area contributed by atoms with Crippen molar-refractivity contribution >= 4 is 17.5 Å². The molecular formula is C15H20OS. The highest BCUT2D eigenvalue weighted by Gasteiger charge is 2.14. The second-order valence-electron chi connectivity index (χ2n) is 4.67. The highest BCUT2D eigenvalue weighted by atomic mass is 32.2. The van der Waals surface area contributed by atoms with Gasteiger partial charge in [-0.05, 0) is 25.0 Å². The number of thioether (sulfide) groups is 1. The minimum atomic E-state index is 0.289. The summed E-state index contributed by atoms with van der Waals surface area (Å²) < 4.78 is 0. The number of ketones is 1. The molecule has 1 nitrogen and oxygen atoms in total. The first-order valence-electron chi connectivity index (χ1n) is 6.56. The Hall–Kier alpha value is -0.760. The van der Waals surface area contributed by atoms with E-state index in [1.165, 1.54) is 25.7 Å². The van der Waals surface area contributed by atoms with E-state index in [0.717, 1.165) is 23.0 Å². The van der Waals surface area contributed by atoms with Gasteiger partial charge in [0.2, 0.25) is 0 Å². The Balaban J connectivity index is 1.63. The standard InChI is InChI=1S/C15H20OS/c16-15(13-7-2-1-3-8-13)11-6-12-17-14-9-4-5-10-14/h1-3,7-8,14H,4-6,9-12H2. The molecule has 0 bridgehead atoms. The maximum atomic E-state index is 11.8. The van der Waals surface area contributed by atoms with Crippen LogP contribution < -0.4 is 0 Å². The van der Waals surface area contributed by atoms with Gasteiger partial charge in [-0.1, -0.05) is 43.2 Å². The van der Waals surface area contributed by atoms with Gasteiger partial charge in [0.15, 0.2) is 5.78 Å². The molecule has 2 rings (SSSR count). The quantitative estimate of drug-likeness (QED) is 0.550. The number of carbonyl (C=O) groups is 1. The summed E-state index contributed by atoms with van der Waals surface area (Å²) in [5.74, 6) is 1.43. The van der Waals surface area contributed by atoms with Crippen LogP contribution >= 0.6 is 11.8 Å². The molecule has 1 fully saturated rings. The van der Waals surface area contributed by atoms with Gasteiger partial charge >= 0.3 is 0 Å². The molecule has 0 amide bonds. The maximum absolute atomic E-state index is 11.8. The predicted octanol–water partition coefficient (Wildman–Crippen LogP) is 4.33. The fourth-order valence-corrected chi connectivity index (χ4v) is 3.62. The Morgan fingerprint density at radius 3 is 2.59 bits per heavy atom. The molecule has 2 heteroatoms. The first-order chi connectivity index (χ1) is 8.36. The zero-order valence-corrected chi connectivity index (χ0v) is 11.0. The van der Waals surface area contributed by atoms with Crippen molar-refractivity contribution in [3.8, 4) is 0 Å². The fourth-order valence-electron chi connectivity index (χ4n) is 2.31. The first-order valence-corrected chi connectivity index (χ1v) is 7.61. The van der Waals surface area contributed by atoms with Gasteiger partial charge in [-0.2, -0.15) is 11.8 Å². The topological polar surface area (TPSA) is 17.1 Å². The van der Waals surface area contributed by atoms with Gasteiger partial charge in [-0.3, -0.25) is 4.79 Å². The molecule has 1 aliphatic rings. The van der Waals surface area contributed by atoms with Gasteiger partial charge in [0.25, 0.3) is 0 Å². The Morgan fingerprint density at radius 1 is 1.18 bits per heavy atom. The molecule has 17 heavy (non-hydrogen) atoms. The van der Waals surface area contributed by atoms with Crippen molar-refractivity contribution in [2.24, 2.45) is 0 Å². The van der Waals surface area contributed by atoms with Crippen LogP contribution in [-0.4, -0.2) is 16.8 Å². The lowest BCUT2D eigenvalue weighted by atomic mass is 10.1. The summed E-state index contributed by atoms with van der Waals surface area (Å²) >= 11 is 2.07. The second-order valence-corrected chi connectivity index (χ2v) is 6.08. The van der Waals surface area contributed by atoms with Crippen LogP contribution in [0.2, 0.25) is 0 Å². The first kappa shape index (κ1) is 12.7. The lowest BCUT2D eigenvalue weighted by Crippen LogP contribution is -2.01. The van der Waals surface area contributed by atoms with E-state index in [2.05, 4.69) is 11.8 Å². The molecule has 1 aromatic rings. The highest BCUT2D eigenvalue weighted by molar-refractivity contribution is 7.99. The van der Waals surface area contributed by atoms with Crippen molar-refractivity contribution in [3.63, 3.8) is 0 Å². The number of hydrogen-bond acceptors (Lipinski definition) is 2. The molecule has 1 aliphatic carbocycles. The van der Waals surface area contributed by atoms with Crippen LogP contribution in [0.1, 0.15) is 48.9 Å². The van der Waals surface area contributed by atoms with Crippen LogP contribution in [0.15, 0.2) is 30.3 Å². The van der Waals surface area contributed by atoms with E-state index in [9.17, 15) is 4.79 Å². The van der Waals surface area contributed by atoms with Gasteiger partial charge in [-0.15, -0.1) is 0 Å². The van der Waals surface area contributed by atoms with Crippen molar-refractivity contribution in [2.75, 3.05) is 5.75 Å². The Labute approximate surface area is 108 Å². The number of rotatable bonds is 6. The lowest BCUT2D eigenvalue weighted by Gasteiger charge is -2.07. The van der Waals surface area contributed by atoms with E-state index in [-0.39, 0.29) is 5.78 Å². The number of Topliss-reactive ketones (excluding diaryl/α,β-unsaturated/α-hetero) is 1. The number of hydrogen-bond donors (Lipinski definition) is 0. The zero-order valence-electron chi connectivity index (χ0n) is 10.2. The molecule has 1 aromatic carbocycles. The van der Waals surface area contributed by atoms with Crippen LogP contribution in [0.25, 0.3) is 0 Å². The molecule has 92 valence electrons. The van der Waals surface area contributed by atoms with Crippen molar-refractivity contribution < 1.29 is 4.79 Å². The summed E-state index contributed by atoms with van der Waals surface area (Å²) in [5, 5.41) is 0.877. The molecule has 0 saturated heterocycles. The van der Waals surface area contributed by atoms with Crippen LogP contribution in [-0.2, 0) is 0 Å². The van der Waals surface area contributed by atoms with Crippen molar-refractivity contribution in [3.05, 3.63) is 35.9 Å². The average molecular weight is 248 g/mol. The van der Waals surface area contributed by atoms with E-state index in [1.807, 2.05) is 30.3 Å². The predicted molar refractivity (Wildman–Crippen MR) is 74.7 cm³/mol. The van der Waals surface area contributed by atoms with Crippen LogP contribution in [0, 0.1) is 0 Å². The van der Waals surface area contributed by atoms with E-state index in [4.69, 9.17) is 0 Å². The summed E-state index contributed by atoms with van der Waals surface area (Å²) in [4.78, 5) is 11.8. The molecule has 1 saturated carbocycles.